The van der Waals surface area contributed by atoms with Crippen LogP contribution in [0.25, 0.3) is 21.8 Å². The molecular formula is C23H19F3N2O3. The summed E-state index contributed by atoms with van der Waals surface area (Å²) in [6.07, 6.45) is -4.77. The van der Waals surface area contributed by atoms with Crippen LogP contribution < -0.4 is 10.5 Å². The van der Waals surface area contributed by atoms with Crippen molar-refractivity contribution in [1.29, 1.82) is 0 Å². The molecule has 0 aliphatic rings. The number of nitrogens with two attached hydrogens (primary N) is 1. The van der Waals surface area contributed by atoms with E-state index < -0.39 is 12.3 Å². The molecule has 0 aliphatic carbocycles. The number of halogens is 3. The van der Waals surface area contributed by atoms with E-state index in [0.29, 0.717) is 23.1 Å². The van der Waals surface area contributed by atoms with E-state index in [0.717, 1.165) is 22.0 Å². The van der Waals surface area contributed by atoms with Gasteiger partial charge in [-0.3, -0.25) is 4.79 Å². The molecule has 3 aromatic carbocycles. The molecule has 0 unspecified atom stereocenters. The fourth-order valence-corrected chi connectivity index (χ4v) is 3.85. The summed E-state index contributed by atoms with van der Waals surface area (Å²) in [7, 11) is 1.59. The minimum atomic E-state index is -4.77. The van der Waals surface area contributed by atoms with Crippen molar-refractivity contribution in [2.45, 2.75) is 19.5 Å². The number of aromatic nitrogens is 1. The summed E-state index contributed by atoms with van der Waals surface area (Å²) in [6.45, 7) is 0.669. The van der Waals surface area contributed by atoms with Crippen molar-refractivity contribution in [3.8, 4) is 5.75 Å². The van der Waals surface area contributed by atoms with Crippen molar-refractivity contribution in [3.05, 3.63) is 77.4 Å². The fraction of sp³-hybridized carbons (Fsp3) is 0.174. The quantitative estimate of drug-likeness (QED) is 0.471. The van der Waals surface area contributed by atoms with Gasteiger partial charge in [0.15, 0.2) is 0 Å². The van der Waals surface area contributed by atoms with Crippen LogP contribution in [0.1, 0.15) is 21.5 Å². The minimum absolute atomic E-state index is 0.272. The zero-order valence-corrected chi connectivity index (χ0v) is 16.6. The van der Waals surface area contributed by atoms with Gasteiger partial charge in [0.05, 0.1) is 12.1 Å². The average molecular weight is 428 g/mol. The Hall–Kier alpha value is -3.52. The lowest BCUT2D eigenvalue weighted by Crippen LogP contribution is -2.17. The number of carbonyl (C=O) groups excluding carboxylic acids is 1. The Morgan fingerprint density at radius 2 is 1.77 bits per heavy atom. The Balaban J connectivity index is 1.90. The predicted molar refractivity (Wildman–Crippen MR) is 111 cm³/mol. The number of amides is 1. The SMILES string of the molecule is COCc1ccc2c3c(C(N)=O)cccc3n(Cc3cccc(OC(F)(F)F)c3)c2c1. The van der Waals surface area contributed by atoms with Crippen LogP contribution in [0, 0.1) is 0 Å². The topological polar surface area (TPSA) is 66.5 Å². The molecule has 8 heteroatoms. The second kappa shape index (κ2) is 7.96. The Morgan fingerprint density at radius 3 is 2.48 bits per heavy atom. The summed E-state index contributed by atoms with van der Waals surface area (Å²) in [5, 5.41) is 1.53. The monoisotopic (exact) mass is 428 g/mol. The van der Waals surface area contributed by atoms with Gasteiger partial charge in [0, 0.05) is 35.5 Å². The molecule has 4 rings (SSSR count). The van der Waals surface area contributed by atoms with Crippen LogP contribution in [0.3, 0.4) is 0 Å². The van der Waals surface area contributed by atoms with Crippen molar-refractivity contribution >= 4 is 27.7 Å². The van der Waals surface area contributed by atoms with E-state index >= 15 is 0 Å². The number of benzene rings is 3. The van der Waals surface area contributed by atoms with Gasteiger partial charge in [0.2, 0.25) is 5.91 Å². The van der Waals surface area contributed by atoms with Crippen LogP contribution in [0.2, 0.25) is 0 Å². The standard InChI is InChI=1S/C23H19F3N2O3/c1-30-13-15-8-9-17-20(11-15)28(19-7-3-6-18(21(17)19)22(27)29)12-14-4-2-5-16(10-14)31-23(24,25)26/h2-11H,12-13H2,1H3,(H2,27,29). The van der Waals surface area contributed by atoms with Gasteiger partial charge in [-0.25, -0.2) is 0 Å². The van der Waals surface area contributed by atoms with Crippen molar-refractivity contribution in [1.82, 2.24) is 4.57 Å². The molecule has 0 spiro atoms. The fourth-order valence-electron chi connectivity index (χ4n) is 3.85. The van der Waals surface area contributed by atoms with Crippen LogP contribution in [-0.2, 0) is 17.9 Å². The Labute approximate surface area is 175 Å². The third-order valence-electron chi connectivity index (χ3n) is 5.00. The van der Waals surface area contributed by atoms with Gasteiger partial charge in [0.1, 0.15) is 5.75 Å². The smallest absolute Gasteiger partial charge is 0.406 e. The predicted octanol–water partition coefficient (Wildman–Crippen LogP) is 4.99. The number of methoxy groups -OCH3 is 1. The van der Waals surface area contributed by atoms with Gasteiger partial charge < -0.3 is 19.8 Å². The molecule has 0 aliphatic heterocycles. The molecule has 5 nitrogen and oxygen atoms in total. The van der Waals surface area contributed by atoms with Crippen LogP contribution in [0.4, 0.5) is 13.2 Å². The number of rotatable bonds is 6. The van der Waals surface area contributed by atoms with Crippen molar-refractivity contribution in [2.24, 2.45) is 5.73 Å². The zero-order chi connectivity index (χ0) is 22.2. The van der Waals surface area contributed by atoms with E-state index in [1.165, 1.54) is 18.2 Å². The van der Waals surface area contributed by atoms with Gasteiger partial charge in [-0.1, -0.05) is 30.3 Å². The van der Waals surface area contributed by atoms with Crippen LogP contribution in [0.5, 0.6) is 5.75 Å². The molecule has 0 radical (unpaired) electrons. The van der Waals surface area contributed by atoms with Crippen molar-refractivity contribution in [3.63, 3.8) is 0 Å². The number of nitrogens with zero attached hydrogens (tertiary/aromatic N) is 1. The van der Waals surface area contributed by atoms with E-state index in [1.54, 1.807) is 25.3 Å². The lowest BCUT2D eigenvalue weighted by atomic mass is 10.0. The molecule has 0 saturated carbocycles. The number of ether oxygens (including phenoxy) is 2. The molecule has 160 valence electrons. The summed E-state index contributed by atoms with van der Waals surface area (Å²) in [5.41, 5.74) is 9.09. The molecule has 4 aromatic rings. The van der Waals surface area contributed by atoms with E-state index in [2.05, 4.69) is 4.74 Å². The van der Waals surface area contributed by atoms with Crippen LogP contribution in [-0.4, -0.2) is 23.9 Å². The molecular weight excluding hydrogens is 409 g/mol. The first-order valence-electron chi connectivity index (χ1n) is 9.44. The number of primary amides is 1. The highest BCUT2D eigenvalue weighted by Gasteiger charge is 2.31. The average Bonchev–Trinajstić information content (AvgIpc) is 3.00. The maximum atomic E-state index is 12.6. The van der Waals surface area contributed by atoms with E-state index in [4.69, 9.17) is 10.5 Å². The summed E-state index contributed by atoms with van der Waals surface area (Å²) in [6, 6.07) is 16.8. The Morgan fingerprint density at radius 1 is 1.00 bits per heavy atom. The number of alkyl halides is 3. The minimum Gasteiger partial charge on any atom is -0.406 e. The normalized spacial score (nSPS) is 11.9. The number of carbonyl (C=O) groups is 1. The largest absolute Gasteiger partial charge is 0.573 e. The second-order valence-electron chi connectivity index (χ2n) is 7.13. The highest BCUT2D eigenvalue weighted by Crippen LogP contribution is 2.33. The summed E-state index contributed by atoms with van der Waals surface area (Å²) >= 11 is 0. The van der Waals surface area contributed by atoms with Crippen molar-refractivity contribution < 1.29 is 27.4 Å². The molecule has 0 fully saturated rings. The van der Waals surface area contributed by atoms with Gasteiger partial charge in [-0.15, -0.1) is 13.2 Å². The number of hydrogen-bond donors (Lipinski definition) is 1. The van der Waals surface area contributed by atoms with Crippen LogP contribution in [0.15, 0.2) is 60.7 Å². The highest BCUT2D eigenvalue weighted by atomic mass is 19.4. The van der Waals surface area contributed by atoms with E-state index in [-0.39, 0.29) is 12.3 Å². The molecule has 2 N–H and O–H groups in total. The summed E-state index contributed by atoms with van der Waals surface area (Å²) in [5.74, 6) is -0.838. The molecule has 1 aromatic heterocycles. The Bertz CT molecular complexity index is 1280. The first-order valence-corrected chi connectivity index (χ1v) is 9.44. The van der Waals surface area contributed by atoms with Gasteiger partial charge >= 0.3 is 6.36 Å². The maximum absolute atomic E-state index is 12.6. The first-order chi connectivity index (χ1) is 14.8. The lowest BCUT2D eigenvalue weighted by Gasteiger charge is -2.12. The highest BCUT2D eigenvalue weighted by molar-refractivity contribution is 6.17. The third kappa shape index (κ3) is 4.20. The zero-order valence-electron chi connectivity index (χ0n) is 16.6. The van der Waals surface area contributed by atoms with Crippen LogP contribution >= 0.6 is 0 Å². The molecule has 0 bridgehead atoms. The molecule has 0 atom stereocenters. The molecule has 31 heavy (non-hydrogen) atoms. The van der Waals surface area contributed by atoms with E-state index in [1.807, 2.05) is 28.8 Å². The van der Waals surface area contributed by atoms with Crippen molar-refractivity contribution in [2.75, 3.05) is 7.11 Å². The lowest BCUT2D eigenvalue weighted by molar-refractivity contribution is -0.274. The molecule has 0 saturated heterocycles. The summed E-state index contributed by atoms with van der Waals surface area (Å²) in [4.78, 5) is 12.0. The third-order valence-corrected chi connectivity index (χ3v) is 5.00. The van der Waals surface area contributed by atoms with Gasteiger partial charge in [0.25, 0.3) is 0 Å². The van der Waals surface area contributed by atoms with Gasteiger partial charge in [-0.2, -0.15) is 0 Å². The number of hydrogen-bond acceptors (Lipinski definition) is 3. The number of fused-ring (bicyclic) bond motifs is 3. The molecule has 1 amide bonds. The molecule has 1 heterocycles. The maximum Gasteiger partial charge on any atom is 0.573 e. The van der Waals surface area contributed by atoms with E-state index in [9.17, 15) is 18.0 Å². The second-order valence-corrected chi connectivity index (χ2v) is 7.13. The van der Waals surface area contributed by atoms with Gasteiger partial charge in [-0.05, 0) is 41.5 Å². The first kappa shape index (κ1) is 20.7. The summed E-state index contributed by atoms with van der Waals surface area (Å²) < 4.78 is 49.1. The Kier molecular flexibility index (Phi) is 5.32.